The van der Waals surface area contributed by atoms with Gasteiger partial charge in [0.1, 0.15) is 0 Å². The Labute approximate surface area is 310 Å². The second-order valence-electron chi connectivity index (χ2n) is 14.6. The van der Waals surface area contributed by atoms with Gasteiger partial charge in [-0.1, -0.05) is 147 Å². The molecule has 1 aliphatic carbocycles. The quantitative estimate of drug-likeness (QED) is 0.170. The molecule has 0 unspecified atom stereocenters. The van der Waals surface area contributed by atoms with Gasteiger partial charge in [-0.2, -0.15) is 0 Å². The summed E-state index contributed by atoms with van der Waals surface area (Å²) in [6.07, 6.45) is 0. The summed E-state index contributed by atoms with van der Waals surface area (Å²) in [7, 11) is 0. The van der Waals surface area contributed by atoms with Crippen LogP contribution in [-0.2, 0) is 5.41 Å². The minimum Gasteiger partial charge on any atom is -0.310 e. The van der Waals surface area contributed by atoms with E-state index in [0.717, 1.165) is 22.7 Å². The number of hydrogen-bond acceptors (Lipinski definition) is 1. The highest BCUT2D eigenvalue weighted by atomic mass is 15.1. The number of benzene rings is 8. The molecule has 0 aliphatic heterocycles. The SMILES string of the molecule is CC1(C)c2ccccc2-c2ccc(N(c3ccc(-c4cccc(-n5c6ccccc6c6ccccc65)c4)cc3)c3cccc(-c4ccccc4)c3)cc21. The van der Waals surface area contributed by atoms with Crippen molar-refractivity contribution in [2.45, 2.75) is 19.3 Å². The molecule has 0 radical (unpaired) electrons. The number of aromatic nitrogens is 1. The van der Waals surface area contributed by atoms with E-state index in [1.807, 2.05) is 0 Å². The molecular formula is C51H38N2. The van der Waals surface area contributed by atoms with Gasteiger partial charge < -0.3 is 9.47 Å². The van der Waals surface area contributed by atoms with Crippen molar-refractivity contribution >= 4 is 38.9 Å². The van der Waals surface area contributed by atoms with Crippen LogP contribution in [-0.4, -0.2) is 4.57 Å². The van der Waals surface area contributed by atoms with Crippen molar-refractivity contribution in [1.29, 1.82) is 0 Å². The highest BCUT2D eigenvalue weighted by Gasteiger charge is 2.35. The van der Waals surface area contributed by atoms with Crippen molar-refractivity contribution in [3.63, 3.8) is 0 Å². The van der Waals surface area contributed by atoms with Crippen molar-refractivity contribution in [2.75, 3.05) is 4.90 Å². The molecule has 9 aromatic rings. The van der Waals surface area contributed by atoms with E-state index < -0.39 is 0 Å². The van der Waals surface area contributed by atoms with Crippen LogP contribution in [0.1, 0.15) is 25.0 Å². The third-order valence-electron chi connectivity index (χ3n) is 11.2. The average molecular weight is 679 g/mol. The third-order valence-corrected chi connectivity index (χ3v) is 11.2. The average Bonchev–Trinajstić information content (AvgIpc) is 3.67. The number of nitrogens with zero attached hydrogens (tertiary/aromatic N) is 2. The van der Waals surface area contributed by atoms with Gasteiger partial charge in [-0.3, -0.25) is 0 Å². The molecule has 10 rings (SSSR count). The summed E-state index contributed by atoms with van der Waals surface area (Å²) in [6, 6.07) is 70.8. The van der Waals surface area contributed by atoms with Gasteiger partial charge in [0.2, 0.25) is 0 Å². The maximum Gasteiger partial charge on any atom is 0.0541 e. The van der Waals surface area contributed by atoms with E-state index in [-0.39, 0.29) is 5.41 Å². The molecule has 0 saturated heterocycles. The van der Waals surface area contributed by atoms with Gasteiger partial charge in [0.05, 0.1) is 11.0 Å². The molecule has 0 amide bonds. The van der Waals surface area contributed by atoms with E-state index >= 15 is 0 Å². The van der Waals surface area contributed by atoms with Gasteiger partial charge in [-0.05, 0) is 105 Å². The van der Waals surface area contributed by atoms with Crippen LogP contribution in [0.5, 0.6) is 0 Å². The first kappa shape index (κ1) is 31.1. The Morgan fingerprint density at radius 2 is 0.925 bits per heavy atom. The van der Waals surface area contributed by atoms with Crippen LogP contribution in [0.15, 0.2) is 194 Å². The first-order valence-corrected chi connectivity index (χ1v) is 18.4. The van der Waals surface area contributed by atoms with Crippen LogP contribution in [0.4, 0.5) is 17.1 Å². The van der Waals surface area contributed by atoms with Gasteiger partial charge in [0.25, 0.3) is 0 Å². The van der Waals surface area contributed by atoms with Gasteiger partial charge in [-0.25, -0.2) is 0 Å². The molecule has 2 heteroatoms. The number of fused-ring (bicyclic) bond motifs is 6. The largest absolute Gasteiger partial charge is 0.310 e. The molecule has 1 aliphatic rings. The van der Waals surface area contributed by atoms with E-state index in [4.69, 9.17) is 0 Å². The van der Waals surface area contributed by atoms with Crippen molar-refractivity contribution in [3.05, 3.63) is 205 Å². The monoisotopic (exact) mass is 678 g/mol. The second kappa shape index (κ2) is 12.3. The van der Waals surface area contributed by atoms with Crippen LogP contribution in [0.3, 0.4) is 0 Å². The maximum atomic E-state index is 2.41. The minimum atomic E-state index is -0.0925. The highest BCUT2D eigenvalue weighted by molar-refractivity contribution is 6.09. The van der Waals surface area contributed by atoms with Crippen LogP contribution in [0.2, 0.25) is 0 Å². The van der Waals surface area contributed by atoms with Crippen LogP contribution < -0.4 is 4.90 Å². The summed E-state index contributed by atoms with van der Waals surface area (Å²) in [5, 5.41) is 2.54. The van der Waals surface area contributed by atoms with Crippen molar-refractivity contribution in [3.8, 4) is 39.1 Å². The lowest BCUT2D eigenvalue weighted by atomic mass is 9.82. The Bertz CT molecular complexity index is 2750. The fraction of sp³-hybridized carbons (Fsp3) is 0.0588. The molecule has 1 aromatic heterocycles. The smallest absolute Gasteiger partial charge is 0.0541 e. The van der Waals surface area contributed by atoms with E-state index in [2.05, 4.69) is 217 Å². The molecule has 1 heterocycles. The van der Waals surface area contributed by atoms with E-state index in [1.165, 1.54) is 66.3 Å². The van der Waals surface area contributed by atoms with Gasteiger partial charge in [0, 0.05) is 38.9 Å². The van der Waals surface area contributed by atoms with Crippen molar-refractivity contribution in [2.24, 2.45) is 0 Å². The second-order valence-corrected chi connectivity index (χ2v) is 14.6. The first-order chi connectivity index (χ1) is 26.0. The summed E-state index contributed by atoms with van der Waals surface area (Å²) in [4.78, 5) is 2.41. The van der Waals surface area contributed by atoms with Crippen LogP contribution in [0.25, 0.3) is 60.9 Å². The lowest BCUT2D eigenvalue weighted by Crippen LogP contribution is -2.16. The minimum absolute atomic E-state index is 0.0925. The summed E-state index contributed by atoms with van der Waals surface area (Å²) in [6.45, 7) is 4.70. The summed E-state index contributed by atoms with van der Waals surface area (Å²) >= 11 is 0. The number of para-hydroxylation sites is 2. The Kier molecular flexibility index (Phi) is 7.19. The van der Waals surface area contributed by atoms with E-state index in [1.54, 1.807) is 0 Å². The zero-order valence-electron chi connectivity index (χ0n) is 29.9. The van der Waals surface area contributed by atoms with Gasteiger partial charge in [-0.15, -0.1) is 0 Å². The first-order valence-electron chi connectivity index (χ1n) is 18.4. The van der Waals surface area contributed by atoms with Crippen LogP contribution in [0, 0.1) is 0 Å². The lowest BCUT2D eigenvalue weighted by Gasteiger charge is -2.28. The molecule has 8 aromatic carbocycles. The summed E-state index contributed by atoms with van der Waals surface area (Å²) in [5.41, 5.74) is 17.1. The molecular weight excluding hydrogens is 641 g/mol. The molecule has 0 N–H and O–H groups in total. The predicted octanol–water partition coefficient (Wildman–Crippen LogP) is 13.9. The topological polar surface area (TPSA) is 8.17 Å². The normalized spacial score (nSPS) is 12.9. The molecule has 0 saturated carbocycles. The zero-order valence-corrected chi connectivity index (χ0v) is 29.9. The zero-order chi connectivity index (χ0) is 35.5. The van der Waals surface area contributed by atoms with E-state index in [9.17, 15) is 0 Å². The standard InChI is InChI=1S/C51H38N2/c1-51(2)47-23-9-6-20-43(47)44-31-30-42(34-48(44)51)52(40-18-12-16-37(32-40)35-14-4-3-5-15-35)39-28-26-36(27-29-39)38-17-13-19-41(33-38)53-49-24-10-7-21-45(49)46-22-8-11-25-50(46)53/h3-34H,1-2H3. The molecule has 0 fully saturated rings. The lowest BCUT2D eigenvalue weighted by molar-refractivity contribution is 0.660. The Morgan fingerprint density at radius 1 is 0.377 bits per heavy atom. The van der Waals surface area contributed by atoms with Crippen molar-refractivity contribution in [1.82, 2.24) is 4.57 Å². The number of anilines is 3. The molecule has 53 heavy (non-hydrogen) atoms. The Morgan fingerprint density at radius 3 is 1.68 bits per heavy atom. The molecule has 252 valence electrons. The number of hydrogen-bond donors (Lipinski definition) is 0. The molecule has 2 nitrogen and oxygen atoms in total. The highest BCUT2D eigenvalue weighted by Crippen LogP contribution is 2.50. The van der Waals surface area contributed by atoms with Gasteiger partial charge >= 0.3 is 0 Å². The predicted molar refractivity (Wildman–Crippen MR) is 224 cm³/mol. The Hall–Kier alpha value is -6.64. The van der Waals surface area contributed by atoms with Gasteiger partial charge in [0.15, 0.2) is 0 Å². The summed E-state index contributed by atoms with van der Waals surface area (Å²) < 4.78 is 2.39. The molecule has 0 spiro atoms. The molecule has 0 atom stereocenters. The third kappa shape index (κ3) is 5.10. The van der Waals surface area contributed by atoms with E-state index in [0.29, 0.717) is 0 Å². The van der Waals surface area contributed by atoms with Crippen molar-refractivity contribution < 1.29 is 0 Å². The number of rotatable bonds is 6. The maximum absolute atomic E-state index is 2.41. The van der Waals surface area contributed by atoms with Crippen LogP contribution >= 0.6 is 0 Å². The Balaban J connectivity index is 1.08. The fourth-order valence-electron chi connectivity index (χ4n) is 8.56. The summed E-state index contributed by atoms with van der Waals surface area (Å²) in [5.74, 6) is 0. The molecule has 0 bridgehead atoms. The fourth-order valence-corrected chi connectivity index (χ4v) is 8.56.